The topological polar surface area (TPSA) is 15.3 Å². The van der Waals surface area contributed by atoms with Crippen molar-refractivity contribution >= 4 is 0 Å². The predicted molar refractivity (Wildman–Crippen MR) is 78.9 cm³/mol. The molecule has 0 amide bonds. The van der Waals surface area contributed by atoms with Gasteiger partial charge in [0.05, 0.1) is 0 Å². The Labute approximate surface area is 114 Å². The van der Waals surface area contributed by atoms with Gasteiger partial charge in [0, 0.05) is 12.6 Å². The fraction of sp³-hybridized carbons (Fsp3) is 1.00. The SMILES string of the molecule is CCN1CCCC(NCC2(CC)CCCC2)CC1. The van der Waals surface area contributed by atoms with E-state index < -0.39 is 0 Å². The molecule has 1 saturated heterocycles. The molecule has 2 rings (SSSR count). The quantitative estimate of drug-likeness (QED) is 0.806. The lowest BCUT2D eigenvalue weighted by molar-refractivity contribution is 0.247. The normalized spacial score (nSPS) is 29.3. The first-order valence-corrected chi connectivity index (χ1v) is 8.24. The molecule has 2 fully saturated rings. The molecule has 1 heterocycles. The Hall–Kier alpha value is -0.0800. The molecule has 106 valence electrons. The lowest BCUT2D eigenvalue weighted by Crippen LogP contribution is -2.39. The Kier molecular flexibility index (Phi) is 5.50. The van der Waals surface area contributed by atoms with Crippen LogP contribution < -0.4 is 5.32 Å². The number of likely N-dealkylation sites (tertiary alicyclic amines) is 1. The van der Waals surface area contributed by atoms with Gasteiger partial charge < -0.3 is 10.2 Å². The van der Waals surface area contributed by atoms with Crippen LogP contribution >= 0.6 is 0 Å². The van der Waals surface area contributed by atoms with Gasteiger partial charge in [0.25, 0.3) is 0 Å². The van der Waals surface area contributed by atoms with Crippen LogP contribution in [0.3, 0.4) is 0 Å². The lowest BCUT2D eigenvalue weighted by atomic mass is 9.83. The van der Waals surface area contributed by atoms with Crippen LogP contribution in [0.4, 0.5) is 0 Å². The summed E-state index contributed by atoms with van der Waals surface area (Å²) in [6, 6.07) is 0.783. The van der Waals surface area contributed by atoms with E-state index in [4.69, 9.17) is 0 Å². The average Bonchev–Trinajstić information content (AvgIpc) is 2.76. The highest BCUT2D eigenvalue weighted by Gasteiger charge is 2.32. The van der Waals surface area contributed by atoms with Crippen LogP contribution in [0.25, 0.3) is 0 Å². The van der Waals surface area contributed by atoms with Crippen molar-refractivity contribution in [3.63, 3.8) is 0 Å². The van der Waals surface area contributed by atoms with E-state index in [9.17, 15) is 0 Å². The number of nitrogens with zero attached hydrogens (tertiary/aromatic N) is 1. The zero-order valence-electron chi connectivity index (χ0n) is 12.5. The molecule has 0 aromatic rings. The van der Waals surface area contributed by atoms with Crippen molar-refractivity contribution in [2.24, 2.45) is 5.41 Å². The Bertz CT molecular complexity index is 233. The summed E-state index contributed by atoms with van der Waals surface area (Å²) in [7, 11) is 0. The minimum atomic E-state index is 0.650. The third-order valence-corrected chi connectivity index (χ3v) is 5.45. The second kappa shape index (κ2) is 6.91. The van der Waals surface area contributed by atoms with Crippen molar-refractivity contribution in [2.75, 3.05) is 26.2 Å². The minimum Gasteiger partial charge on any atom is -0.313 e. The van der Waals surface area contributed by atoms with Crippen molar-refractivity contribution in [3.05, 3.63) is 0 Å². The van der Waals surface area contributed by atoms with Gasteiger partial charge in [-0.25, -0.2) is 0 Å². The highest BCUT2D eigenvalue weighted by Crippen LogP contribution is 2.40. The molecule has 0 bridgehead atoms. The average molecular weight is 252 g/mol. The molecule has 1 aliphatic heterocycles. The van der Waals surface area contributed by atoms with Gasteiger partial charge >= 0.3 is 0 Å². The maximum Gasteiger partial charge on any atom is 0.00799 e. The standard InChI is InChI=1S/C16H32N2/c1-3-16(10-5-6-11-16)14-17-15-8-7-12-18(4-2)13-9-15/h15,17H,3-14H2,1-2H3. The molecule has 2 heteroatoms. The van der Waals surface area contributed by atoms with Gasteiger partial charge in [0.2, 0.25) is 0 Å². The summed E-state index contributed by atoms with van der Waals surface area (Å²) in [6.45, 7) is 9.80. The maximum atomic E-state index is 3.91. The van der Waals surface area contributed by atoms with E-state index in [2.05, 4.69) is 24.1 Å². The molecule has 18 heavy (non-hydrogen) atoms. The van der Waals surface area contributed by atoms with Crippen molar-refractivity contribution < 1.29 is 0 Å². The molecule has 0 aromatic heterocycles. The molecule has 1 atom stereocenters. The van der Waals surface area contributed by atoms with E-state index in [0.717, 1.165) is 6.04 Å². The van der Waals surface area contributed by atoms with E-state index in [-0.39, 0.29) is 0 Å². The first-order valence-electron chi connectivity index (χ1n) is 8.24. The van der Waals surface area contributed by atoms with Crippen LogP contribution in [0, 0.1) is 5.41 Å². The summed E-state index contributed by atoms with van der Waals surface area (Å²) in [5.74, 6) is 0. The van der Waals surface area contributed by atoms with Crippen molar-refractivity contribution in [2.45, 2.75) is 71.3 Å². The summed E-state index contributed by atoms with van der Waals surface area (Å²) in [4.78, 5) is 2.60. The van der Waals surface area contributed by atoms with Crippen LogP contribution in [-0.4, -0.2) is 37.1 Å². The number of rotatable bonds is 5. The molecule has 0 spiro atoms. The second-order valence-electron chi connectivity index (χ2n) is 6.50. The summed E-state index contributed by atoms with van der Waals surface area (Å²) in [5, 5.41) is 3.91. The fourth-order valence-corrected chi connectivity index (χ4v) is 3.82. The maximum absolute atomic E-state index is 3.91. The molecule has 1 N–H and O–H groups in total. The number of nitrogens with one attached hydrogen (secondary N) is 1. The molecule has 2 aliphatic rings. The number of hydrogen-bond acceptors (Lipinski definition) is 2. The predicted octanol–water partition coefficient (Wildman–Crippen LogP) is 3.42. The molecule has 0 aromatic carbocycles. The summed E-state index contributed by atoms with van der Waals surface area (Å²) >= 11 is 0. The zero-order chi connectivity index (χ0) is 12.8. The Morgan fingerprint density at radius 1 is 1.06 bits per heavy atom. The summed E-state index contributed by atoms with van der Waals surface area (Å²) < 4.78 is 0. The lowest BCUT2D eigenvalue weighted by Gasteiger charge is -2.30. The van der Waals surface area contributed by atoms with E-state index >= 15 is 0 Å². The van der Waals surface area contributed by atoms with Gasteiger partial charge in [-0.2, -0.15) is 0 Å². The fourth-order valence-electron chi connectivity index (χ4n) is 3.82. The van der Waals surface area contributed by atoms with Crippen LogP contribution in [0.2, 0.25) is 0 Å². The number of hydrogen-bond donors (Lipinski definition) is 1. The Morgan fingerprint density at radius 3 is 2.50 bits per heavy atom. The van der Waals surface area contributed by atoms with E-state index in [1.165, 1.54) is 77.5 Å². The Morgan fingerprint density at radius 2 is 1.83 bits per heavy atom. The van der Waals surface area contributed by atoms with Crippen molar-refractivity contribution in [1.82, 2.24) is 10.2 Å². The highest BCUT2D eigenvalue weighted by atomic mass is 15.1. The monoisotopic (exact) mass is 252 g/mol. The van der Waals surface area contributed by atoms with Crippen molar-refractivity contribution in [3.8, 4) is 0 Å². The third-order valence-electron chi connectivity index (χ3n) is 5.45. The van der Waals surface area contributed by atoms with Crippen LogP contribution in [0.15, 0.2) is 0 Å². The van der Waals surface area contributed by atoms with Gasteiger partial charge in [0.15, 0.2) is 0 Å². The van der Waals surface area contributed by atoms with E-state index in [1.54, 1.807) is 0 Å². The summed E-state index contributed by atoms with van der Waals surface area (Å²) in [5.41, 5.74) is 0.650. The van der Waals surface area contributed by atoms with Gasteiger partial charge in [-0.3, -0.25) is 0 Å². The highest BCUT2D eigenvalue weighted by molar-refractivity contribution is 4.87. The van der Waals surface area contributed by atoms with E-state index in [0.29, 0.717) is 5.41 Å². The van der Waals surface area contributed by atoms with Crippen molar-refractivity contribution in [1.29, 1.82) is 0 Å². The van der Waals surface area contributed by atoms with Crippen LogP contribution in [0.1, 0.15) is 65.2 Å². The van der Waals surface area contributed by atoms with E-state index in [1.807, 2.05) is 0 Å². The largest absolute Gasteiger partial charge is 0.313 e. The van der Waals surface area contributed by atoms with Crippen LogP contribution in [0.5, 0.6) is 0 Å². The molecule has 1 saturated carbocycles. The zero-order valence-corrected chi connectivity index (χ0v) is 12.5. The first-order chi connectivity index (χ1) is 8.78. The Balaban J connectivity index is 1.75. The summed E-state index contributed by atoms with van der Waals surface area (Å²) in [6.07, 6.45) is 11.3. The van der Waals surface area contributed by atoms with Gasteiger partial charge in [-0.05, 0) is 63.6 Å². The van der Waals surface area contributed by atoms with Crippen LogP contribution in [-0.2, 0) is 0 Å². The van der Waals surface area contributed by atoms with Gasteiger partial charge in [0.1, 0.15) is 0 Å². The molecular weight excluding hydrogens is 220 g/mol. The first kappa shape index (κ1) is 14.3. The molecular formula is C16H32N2. The molecule has 1 unspecified atom stereocenters. The molecule has 2 nitrogen and oxygen atoms in total. The van der Waals surface area contributed by atoms with Gasteiger partial charge in [-0.1, -0.05) is 26.7 Å². The molecule has 1 aliphatic carbocycles. The van der Waals surface area contributed by atoms with Gasteiger partial charge in [-0.15, -0.1) is 0 Å². The smallest absolute Gasteiger partial charge is 0.00799 e. The second-order valence-corrected chi connectivity index (χ2v) is 6.50. The minimum absolute atomic E-state index is 0.650. The molecule has 0 radical (unpaired) electrons. The third kappa shape index (κ3) is 3.71.